The van der Waals surface area contributed by atoms with Crippen LogP contribution in [-0.2, 0) is 9.59 Å². The lowest BCUT2D eigenvalue weighted by molar-refractivity contribution is -0.192. The number of carbonyl (C=O) groups is 3. The van der Waals surface area contributed by atoms with Crippen molar-refractivity contribution in [2.45, 2.75) is 44.4 Å². The number of rotatable bonds is 4. The van der Waals surface area contributed by atoms with E-state index in [1.165, 1.54) is 0 Å². The molecule has 0 aliphatic carbocycles. The zero-order chi connectivity index (χ0) is 22.2. The standard InChI is InChI=1S/C15H23N5O2.C2HF3O2/c1-15(2,13(16)21)19-14(22)18-11-6-9-20(10-7-11)12-5-3-4-8-17-12;3-2(4,5)1(6)7/h3-5,8,11H,6-7,9-10H2,1-2H3,(H2,16,21)(H2,18,19,22);(H,6,7). The van der Waals surface area contributed by atoms with Gasteiger partial charge in [-0.2, -0.15) is 13.2 Å². The average Bonchev–Trinajstić information content (AvgIpc) is 2.62. The van der Waals surface area contributed by atoms with Crippen LogP contribution in [0.5, 0.6) is 0 Å². The van der Waals surface area contributed by atoms with Gasteiger partial charge in [-0.15, -0.1) is 0 Å². The number of carboxylic acids is 1. The second kappa shape index (κ2) is 9.94. The molecule has 5 N–H and O–H groups in total. The summed E-state index contributed by atoms with van der Waals surface area (Å²) >= 11 is 0. The summed E-state index contributed by atoms with van der Waals surface area (Å²) in [6, 6.07) is 5.56. The van der Waals surface area contributed by atoms with E-state index in [2.05, 4.69) is 20.5 Å². The van der Waals surface area contributed by atoms with Crippen LogP contribution in [0.25, 0.3) is 0 Å². The van der Waals surface area contributed by atoms with Gasteiger partial charge in [-0.3, -0.25) is 4.79 Å². The van der Waals surface area contributed by atoms with Crippen LogP contribution in [0.1, 0.15) is 26.7 Å². The van der Waals surface area contributed by atoms with E-state index in [1.54, 1.807) is 20.0 Å². The third-order valence-corrected chi connectivity index (χ3v) is 4.09. The molecular weight excluding hydrogens is 395 g/mol. The molecule has 9 nitrogen and oxygen atoms in total. The van der Waals surface area contributed by atoms with Crippen LogP contribution in [0.2, 0.25) is 0 Å². The van der Waals surface area contributed by atoms with Crippen molar-refractivity contribution >= 4 is 23.7 Å². The monoisotopic (exact) mass is 419 g/mol. The molecule has 2 rings (SSSR count). The van der Waals surface area contributed by atoms with Crippen molar-refractivity contribution in [2.24, 2.45) is 5.73 Å². The Balaban J connectivity index is 0.000000516. The number of amides is 3. The van der Waals surface area contributed by atoms with Gasteiger partial charge in [-0.25, -0.2) is 14.6 Å². The van der Waals surface area contributed by atoms with Crippen molar-refractivity contribution in [3.8, 4) is 0 Å². The van der Waals surface area contributed by atoms with E-state index in [0.29, 0.717) is 0 Å². The Morgan fingerprint density at radius 3 is 2.17 bits per heavy atom. The first-order valence-corrected chi connectivity index (χ1v) is 8.67. The van der Waals surface area contributed by atoms with Gasteiger partial charge in [0.05, 0.1) is 0 Å². The summed E-state index contributed by atoms with van der Waals surface area (Å²) in [6.45, 7) is 4.83. The Bertz CT molecular complexity index is 705. The van der Waals surface area contributed by atoms with Gasteiger partial charge in [0.25, 0.3) is 0 Å². The molecule has 2 heterocycles. The highest BCUT2D eigenvalue weighted by molar-refractivity contribution is 5.89. The van der Waals surface area contributed by atoms with E-state index in [1.807, 2.05) is 18.2 Å². The number of piperidine rings is 1. The number of anilines is 1. The van der Waals surface area contributed by atoms with Gasteiger partial charge in [0.1, 0.15) is 11.4 Å². The van der Waals surface area contributed by atoms with Crippen molar-refractivity contribution in [2.75, 3.05) is 18.0 Å². The molecule has 1 aliphatic rings. The van der Waals surface area contributed by atoms with E-state index in [9.17, 15) is 22.8 Å². The first kappa shape index (κ1) is 24.0. The molecule has 1 fully saturated rings. The van der Waals surface area contributed by atoms with Gasteiger partial charge in [0.2, 0.25) is 5.91 Å². The van der Waals surface area contributed by atoms with Crippen LogP contribution in [-0.4, -0.2) is 58.8 Å². The Hall–Kier alpha value is -3.05. The van der Waals surface area contributed by atoms with Gasteiger partial charge in [0, 0.05) is 25.3 Å². The Morgan fingerprint density at radius 1 is 1.21 bits per heavy atom. The summed E-state index contributed by atoms with van der Waals surface area (Å²) in [5, 5.41) is 12.6. The third-order valence-electron chi connectivity index (χ3n) is 4.09. The molecule has 0 radical (unpaired) electrons. The number of aromatic nitrogens is 1. The number of hydrogen-bond donors (Lipinski definition) is 4. The smallest absolute Gasteiger partial charge is 0.475 e. The molecule has 1 aromatic heterocycles. The number of alkyl halides is 3. The van der Waals surface area contributed by atoms with Crippen molar-refractivity contribution < 1.29 is 32.7 Å². The molecule has 1 aliphatic heterocycles. The third kappa shape index (κ3) is 8.23. The number of hydrogen-bond acceptors (Lipinski definition) is 5. The minimum Gasteiger partial charge on any atom is -0.475 e. The summed E-state index contributed by atoms with van der Waals surface area (Å²) in [5.41, 5.74) is 4.18. The summed E-state index contributed by atoms with van der Waals surface area (Å²) in [6.07, 6.45) is -1.64. The molecule has 1 saturated heterocycles. The highest BCUT2D eigenvalue weighted by Crippen LogP contribution is 2.17. The number of halogens is 3. The summed E-state index contributed by atoms with van der Waals surface area (Å²) in [4.78, 5) is 38.6. The lowest BCUT2D eigenvalue weighted by atomic mass is 10.0. The molecular formula is C17H24F3N5O4. The zero-order valence-electron chi connectivity index (χ0n) is 16.0. The second-order valence-corrected chi connectivity index (χ2v) is 6.84. The molecule has 12 heteroatoms. The normalized spacial score (nSPS) is 15.0. The van der Waals surface area contributed by atoms with Gasteiger partial charge in [0.15, 0.2) is 0 Å². The van der Waals surface area contributed by atoms with Gasteiger partial charge >= 0.3 is 18.2 Å². The van der Waals surface area contributed by atoms with E-state index in [4.69, 9.17) is 15.6 Å². The van der Waals surface area contributed by atoms with Crippen LogP contribution in [0, 0.1) is 0 Å². The predicted molar refractivity (Wildman–Crippen MR) is 98.1 cm³/mol. The summed E-state index contributed by atoms with van der Waals surface area (Å²) < 4.78 is 31.7. The Kier molecular flexibility index (Phi) is 8.22. The first-order valence-electron chi connectivity index (χ1n) is 8.67. The molecule has 0 bridgehead atoms. The minimum absolute atomic E-state index is 0.0867. The van der Waals surface area contributed by atoms with E-state index in [0.717, 1.165) is 31.7 Å². The number of carboxylic acid groups (broad SMARTS) is 1. The number of nitrogens with two attached hydrogens (primary N) is 1. The van der Waals surface area contributed by atoms with Gasteiger partial charge in [-0.05, 0) is 38.8 Å². The van der Waals surface area contributed by atoms with Crippen molar-refractivity contribution in [1.82, 2.24) is 15.6 Å². The molecule has 29 heavy (non-hydrogen) atoms. The average molecular weight is 419 g/mol. The first-order chi connectivity index (χ1) is 13.3. The van der Waals surface area contributed by atoms with Crippen molar-refractivity contribution in [3.05, 3.63) is 24.4 Å². The fourth-order valence-corrected chi connectivity index (χ4v) is 2.36. The lowest BCUT2D eigenvalue weighted by Gasteiger charge is -2.33. The number of urea groups is 1. The molecule has 3 amide bonds. The SMILES string of the molecule is CC(C)(NC(=O)NC1CCN(c2ccccn2)CC1)C(N)=O.O=C(O)C(F)(F)F. The minimum atomic E-state index is -5.08. The van der Waals surface area contributed by atoms with Gasteiger partial charge in [-0.1, -0.05) is 6.07 Å². The maximum Gasteiger partial charge on any atom is 0.490 e. The predicted octanol–water partition coefficient (Wildman–Crippen LogP) is 1.25. The molecule has 1 aromatic rings. The van der Waals surface area contributed by atoms with E-state index in [-0.39, 0.29) is 12.1 Å². The number of primary amides is 1. The summed E-state index contributed by atoms with van der Waals surface area (Å²) in [5.74, 6) is -2.36. The number of pyridine rings is 1. The molecule has 162 valence electrons. The van der Waals surface area contributed by atoms with Crippen LogP contribution < -0.4 is 21.3 Å². The molecule has 0 saturated carbocycles. The topological polar surface area (TPSA) is 138 Å². The van der Waals surface area contributed by atoms with Crippen LogP contribution >= 0.6 is 0 Å². The summed E-state index contributed by atoms with van der Waals surface area (Å²) in [7, 11) is 0. The molecule has 0 aromatic carbocycles. The van der Waals surface area contributed by atoms with Crippen molar-refractivity contribution in [1.29, 1.82) is 0 Å². The zero-order valence-corrected chi connectivity index (χ0v) is 16.0. The highest BCUT2D eigenvalue weighted by Gasteiger charge is 2.38. The van der Waals surface area contributed by atoms with Gasteiger partial charge < -0.3 is 26.4 Å². The quantitative estimate of drug-likeness (QED) is 0.580. The lowest BCUT2D eigenvalue weighted by Crippen LogP contribution is -2.58. The Labute approximate surface area is 165 Å². The highest BCUT2D eigenvalue weighted by atomic mass is 19.4. The number of nitrogens with one attached hydrogen (secondary N) is 2. The van der Waals surface area contributed by atoms with Crippen LogP contribution in [0.4, 0.5) is 23.8 Å². The maximum atomic E-state index is 11.9. The molecule has 0 spiro atoms. The van der Waals surface area contributed by atoms with E-state index < -0.39 is 23.6 Å². The number of aliphatic carboxylic acids is 1. The second-order valence-electron chi connectivity index (χ2n) is 6.84. The number of carbonyl (C=O) groups excluding carboxylic acids is 2. The largest absolute Gasteiger partial charge is 0.490 e. The fourth-order valence-electron chi connectivity index (χ4n) is 2.36. The fraction of sp³-hybridized carbons (Fsp3) is 0.529. The van der Waals surface area contributed by atoms with Crippen LogP contribution in [0.15, 0.2) is 24.4 Å². The molecule has 0 unspecified atom stereocenters. The maximum absolute atomic E-state index is 11.9. The van der Waals surface area contributed by atoms with Crippen LogP contribution in [0.3, 0.4) is 0 Å². The molecule has 0 atom stereocenters. The Morgan fingerprint density at radius 2 is 1.76 bits per heavy atom. The van der Waals surface area contributed by atoms with E-state index >= 15 is 0 Å². The van der Waals surface area contributed by atoms with Crippen molar-refractivity contribution in [3.63, 3.8) is 0 Å². The number of nitrogens with zero attached hydrogens (tertiary/aromatic N) is 2.